The summed E-state index contributed by atoms with van der Waals surface area (Å²) in [7, 11) is 0.915. The average Bonchev–Trinajstić information content (AvgIpc) is 3.49. The zero-order valence-electron chi connectivity index (χ0n) is 35.6. The standard InChI is InChI=1S/C47H66N5O3P/c1-35(2)52(36(3)4)56(54-34-20-32-48)55-38-30-28-37(29-31-38)49-45(53)27-14-11-19-33-51-42-24-18-16-22-40(42)47(7,8)44(51)26-13-10-12-25-43-46(5,6)39-21-15-17-23-41(39)50(43)9/h10,12-13,15-18,21-26,35-38H,11,14,19-20,27-31,33-34H2,1-9H3/p+1. The summed E-state index contributed by atoms with van der Waals surface area (Å²) in [6.07, 6.45) is 18.6. The molecular weight excluding hydrogens is 714 g/mol. The van der Waals surface area contributed by atoms with Crippen molar-refractivity contribution in [1.82, 2.24) is 9.99 Å². The van der Waals surface area contributed by atoms with Gasteiger partial charge in [0.25, 0.3) is 8.53 Å². The third-order valence-electron chi connectivity index (χ3n) is 11.7. The summed E-state index contributed by atoms with van der Waals surface area (Å²) in [5.41, 5.74) is 7.74. The maximum Gasteiger partial charge on any atom is 0.259 e. The monoisotopic (exact) mass is 780 g/mol. The van der Waals surface area contributed by atoms with Crippen molar-refractivity contribution >= 4 is 31.5 Å². The first-order valence-electron chi connectivity index (χ1n) is 20.9. The Bertz CT molecular complexity index is 1800. The van der Waals surface area contributed by atoms with E-state index in [1.165, 1.54) is 33.9 Å². The predicted octanol–water partition coefficient (Wildman–Crippen LogP) is 10.8. The van der Waals surface area contributed by atoms with Gasteiger partial charge in [-0.2, -0.15) is 9.84 Å². The third-order valence-corrected chi connectivity index (χ3v) is 13.9. The number of allylic oxidation sites excluding steroid dienone is 6. The van der Waals surface area contributed by atoms with Crippen molar-refractivity contribution in [2.45, 2.75) is 148 Å². The Kier molecular flexibility index (Phi) is 15.3. The lowest BCUT2D eigenvalue weighted by Gasteiger charge is -2.38. The number of nitrogens with zero attached hydrogens (tertiary/aromatic N) is 4. The van der Waals surface area contributed by atoms with Crippen LogP contribution in [0.4, 0.5) is 11.4 Å². The summed E-state index contributed by atoms with van der Waals surface area (Å²) in [4.78, 5) is 15.5. The number of carbonyl (C=O) groups excluding carboxylic acids is 1. The van der Waals surface area contributed by atoms with Crippen molar-refractivity contribution in [3.63, 3.8) is 0 Å². The van der Waals surface area contributed by atoms with Crippen LogP contribution in [0.3, 0.4) is 0 Å². The Morgan fingerprint density at radius 3 is 2.30 bits per heavy atom. The molecule has 0 spiro atoms. The van der Waals surface area contributed by atoms with Crippen LogP contribution in [0.2, 0.25) is 0 Å². The van der Waals surface area contributed by atoms with Crippen LogP contribution < -0.4 is 10.2 Å². The van der Waals surface area contributed by atoms with Gasteiger partial charge in [0.15, 0.2) is 5.71 Å². The fourth-order valence-corrected chi connectivity index (χ4v) is 10.6. The zero-order chi connectivity index (χ0) is 40.5. The van der Waals surface area contributed by atoms with Gasteiger partial charge in [0.05, 0.1) is 30.6 Å². The second-order valence-corrected chi connectivity index (χ2v) is 18.6. The number of nitrogens with one attached hydrogen (secondary N) is 1. The number of unbranched alkanes of at least 4 members (excludes halogenated alkanes) is 2. The highest BCUT2D eigenvalue weighted by Gasteiger charge is 2.43. The first-order valence-corrected chi connectivity index (χ1v) is 22.1. The van der Waals surface area contributed by atoms with Crippen LogP contribution in [-0.2, 0) is 24.7 Å². The number of hydrogen-bond acceptors (Lipinski definition) is 6. The molecule has 8 nitrogen and oxygen atoms in total. The van der Waals surface area contributed by atoms with E-state index >= 15 is 0 Å². The SMILES string of the molecule is CC(C)N(C(C)C)P(OCCC#N)OC1CCC(NC(=O)CCCCCN2/C(=C/C=C/C=C/C3=[N+](C)c4ccccc4C3(C)C)C(C)(C)c3ccccc32)CC1. The van der Waals surface area contributed by atoms with E-state index < -0.39 is 8.53 Å². The average molecular weight is 781 g/mol. The summed E-state index contributed by atoms with van der Waals surface area (Å²) in [5, 5.41) is 12.3. The Hall–Kier alpha value is -3.60. The van der Waals surface area contributed by atoms with Crippen molar-refractivity contribution in [2.24, 2.45) is 0 Å². The van der Waals surface area contributed by atoms with Gasteiger partial charge in [0, 0.05) is 65.6 Å². The first kappa shape index (κ1) is 43.5. The fraction of sp³-hybridized carbons (Fsp3) is 0.553. The second-order valence-electron chi connectivity index (χ2n) is 17.2. The molecule has 2 aromatic carbocycles. The predicted molar refractivity (Wildman–Crippen MR) is 232 cm³/mol. The van der Waals surface area contributed by atoms with Gasteiger partial charge in [0.1, 0.15) is 7.05 Å². The zero-order valence-corrected chi connectivity index (χ0v) is 36.4. The summed E-state index contributed by atoms with van der Waals surface area (Å²) in [5.74, 6) is 0.155. The number of carbonyl (C=O) groups is 1. The molecule has 1 atom stereocenters. The van der Waals surface area contributed by atoms with Crippen LogP contribution in [0, 0.1) is 11.3 Å². The van der Waals surface area contributed by atoms with Gasteiger partial charge < -0.3 is 19.3 Å². The van der Waals surface area contributed by atoms with Crippen LogP contribution in [0.15, 0.2) is 84.6 Å². The molecule has 0 aromatic heterocycles. The van der Waals surface area contributed by atoms with Gasteiger partial charge >= 0.3 is 0 Å². The third kappa shape index (κ3) is 10.3. The van der Waals surface area contributed by atoms with E-state index in [0.717, 1.165) is 51.5 Å². The van der Waals surface area contributed by atoms with Crippen molar-refractivity contribution in [3.05, 3.63) is 95.7 Å². The highest BCUT2D eigenvalue weighted by atomic mass is 31.2. The molecule has 0 saturated heterocycles. The fourth-order valence-electron chi connectivity index (χ4n) is 8.81. The van der Waals surface area contributed by atoms with Gasteiger partial charge in [-0.05, 0) is 97.8 Å². The second kappa shape index (κ2) is 19.7. The van der Waals surface area contributed by atoms with E-state index in [2.05, 4.69) is 167 Å². The number of benzene rings is 2. The molecule has 3 aliphatic rings. The maximum absolute atomic E-state index is 13.0. The van der Waals surface area contributed by atoms with E-state index in [4.69, 9.17) is 14.3 Å². The molecule has 0 bridgehead atoms. The molecule has 2 aliphatic heterocycles. The number of nitriles is 1. The van der Waals surface area contributed by atoms with E-state index in [1.807, 2.05) is 0 Å². The minimum absolute atomic E-state index is 0.0416. The molecule has 1 N–H and O–H groups in total. The van der Waals surface area contributed by atoms with Crippen molar-refractivity contribution in [3.8, 4) is 6.07 Å². The van der Waals surface area contributed by atoms with E-state index in [0.29, 0.717) is 19.4 Å². The van der Waals surface area contributed by atoms with Crippen molar-refractivity contribution in [1.29, 1.82) is 5.26 Å². The molecule has 2 aromatic rings. The largest absolute Gasteiger partial charge is 0.353 e. The van der Waals surface area contributed by atoms with Crippen LogP contribution >= 0.6 is 8.53 Å². The number of para-hydroxylation sites is 2. The molecule has 1 unspecified atom stereocenters. The smallest absolute Gasteiger partial charge is 0.259 e. The van der Waals surface area contributed by atoms with Crippen LogP contribution in [0.5, 0.6) is 0 Å². The minimum atomic E-state index is -1.24. The van der Waals surface area contributed by atoms with Gasteiger partial charge in [-0.15, -0.1) is 0 Å². The molecular formula is C47H67N5O3P+. The lowest BCUT2D eigenvalue weighted by atomic mass is 9.81. The highest BCUT2D eigenvalue weighted by Crippen LogP contribution is 2.49. The summed E-state index contributed by atoms with van der Waals surface area (Å²) in [6.45, 7) is 19.2. The van der Waals surface area contributed by atoms with Gasteiger partial charge in [-0.1, -0.05) is 74.9 Å². The van der Waals surface area contributed by atoms with Crippen molar-refractivity contribution < 1.29 is 18.4 Å². The minimum Gasteiger partial charge on any atom is -0.353 e. The molecule has 9 heteroatoms. The number of hydrogen-bond donors (Lipinski definition) is 1. The van der Waals surface area contributed by atoms with E-state index in [9.17, 15) is 4.79 Å². The summed E-state index contributed by atoms with van der Waals surface area (Å²) in [6, 6.07) is 20.4. The Labute approximate surface area is 339 Å². The van der Waals surface area contributed by atoms with E-state index in [-0.39, 0.29) is 41.0 Å². The topological polar surface area (TPSA) is 80.8 Å². The molecule has 1 aliphatic carbocycles. The van der Waals surface area contributed by atoms with Gasteiger partial charge in [0.2, 0.25) is 11.6 Å². The highest BCUT2D eigenvalue weighted by molar-refractivity contribution is 7.44. The van der Waals surface area contributed by atoms with Crippen LogP contribution in [-0.4, -0.2) is 65.3 Å². The summed E-state index contributed by atoms with van der Waals surface area (Å²) >= 11 is 0. The first-order chi connectivity index (χ1) is 26.8. The molecule has 1 saturated carbocycles. The number of amides is 1. The van der Waals surface area contributed by atoms with Gasteiger partial charge in [-0.3, -0.25) is 4.79 Å². The normalized spacial score (nSPS) is 21.5. The van der Waals surface area contributed by atoms with Crippen LogP contribution in [0.25, 0.3) is 0 Å². The maximum atomic E-state index is 13.0. The van der Waals surface area contributed by atoms with Gasteiger partial charge in [-0.25, -0.2) is 4.67 Å². The number of anilines is 1. The molecule has 1 fully saturated rings. The molecule has 2 heterocycles. The van der Waals surface area contributed by atoms with Crippen molar-refractivity contribution in [2.75, 3.05) is 25.1 Å². The number of fused-ring (bicyclic) bond motifs is 2. The Morgan fingerprint density at radius 1 is 0.946 bits per heavy atom. The number of rotatable bonds is 18. The quantitative estimate of drug-likeness (QED) is 0.0702. The Morgan fingerprint density at radius 2 is 1.62 bits per heavy atom. The van der Waals surface area contributed by atoms with Crippen LogP contribution in [0.1, 0.15) is 124 Å². The summed E-state index contributed by atoms with van der Waals surface area (Å²) < 4.78 is 17.3. The molecule has 5 rings (SSSR count). The molecule has 0 radical (unpaired) electrons. The molecule has 1 amide bonds. The molecule has 56 heavy (non-hydrogen) atoms. The molecule has 302 valence electrons. The van der Waals surface area contributed by atoms with E-state index in [1.54, 1.807) is 0 Å². The lowest BCUT2D eigenvalue weighted by molar-refractivity contribution is -0.401. The lowest BCUT2D eigenvalue weighted by Crippen LogP contribution is -2.39. The Balaban J connectivity index is 1.09.